The molecule has 1 amide bonds. The number of aromatic nitrogens is 4. The van der Waals surface area contributed by atoms with Crippen LogP contribution in [0.15, 0.2) is 76.2 Å². The maximum absolute atomic E-state index is 12.6. The molecule has 0 aliphatic carbocycles. The third-order valence-corrected chi connectivity index (χ3v) is 8.91. The number of nitro benzene ring substituents is 1. The number of nitrogens with one attached hydrogen (secondary N) is 1. The molecule has 39 heavy (non-hydrogen) atoms. The van der Waals surface area contributed by atoms with Crippen LogP contribution in [0.25, 0.3) is 21.6 Å². The second-order valence-corrected chi connectivity index (χ2v) is 11.5. The van der Waals surface area contributed by atoms with E-state index in [0.717, 1.165) is 31.5 Å². The number of fused-ring (bicyclic) bond motifs is 1. The number of ether oxygens (including phenoxy) is 1. The number of hydrogen-bond donors (Lipinski definition) is 1. The van der Waals surface area contributed by atoms with Gasteiger partial charge >= 0.3 is 0 Å². The van der Waals surface area contributed by atoms with Gasteiger partial charge in [-0.3, -0.25) is 14.9 Å². The van der Waals surface area contributed by atoms with Gasteiger partial charge in [-0.2, -0.15) is 0 Å². The van der Waals surface area contributed by atoms with E-state index < -0.39 is 4.92 Å². The third-order valence-electron chi connectivity index (χ3n) is 5.68. The second-order valence-electron chi connectivity index (χ2n) is 8.27. The van der Waals surface area contributed by atoms with E-state index in [0.29, 0.717) is 22.3 Å². The van der Waals surface area contributed by atoms with Gasteiger partial charge in [-0.1, -0.05) is 53.9 Å². The summed E-state index contributed by atoms with van der Waals surface area (Å²) in [6.45, 7) is 0. The van der Waals surface area contributed by atoms with Crippen LogP contribution < -0.4 is 10.1 Å². The molecular weight excluding hydrogens is 557 g/mol. The number of amides is 1. The van der Waals surface area contributed by atoms with Crippen LogP contribution >= 0.6 is 34.9 Å². The van der Waals surface area contributed by atoms with Crippen molar-refractivity contribution in [3.05, 3.63) is 82.4 Å². The van der Waals surface area contributed by atoms with Crippen LogP contribution in [0, 0.1) is 10.1 Å². The van der Waals surface area contributed by atoms with Gasteiger partial charge in [0.2, 0.25) is 5.91 Å². The van der Waals surface area contributed by atoms with E-state index in [1.165, 1.54) is 54.1 Å². The summed E-state index contributed by atoms with van der Waals surface area (Å²) >= 11 is 4.29. The standard InChI is InChI=1S/C26H22N6O4S3/c1-31-24(16-6-4-3-5-7-16)29-30-25(31)37-15-23(33)27-18-8-10-20-22(13-18)39-26(28-20)38-14-17-12-19(32(34)35)9-11-21(17)36-2/h3-13H,14-15H2,1-2H3,(H,27,33). The Hall–Kier alpha value is -3.94. The number of thioether (sulfide) groups is 2. The Kier molecular flexibility index (Phi) is 8.10. The summed E-state index contributed by atoms with van der Waals surface area (Å²) in [4.78, 5) is 28.0. The first-order valence-corrected chi connectivity index (χ1v) is 14.4. The highest BCUT2D eigenvalue weighted by atomic mass is 32.2. The van der Waals surface area contributed by atoms with Gasteiger partial charge in [0.05, 0.1) is 28.0 Å². The highest BCUT2D eigenvalue weighted by molar-refractivity contribution is 8.00. The molecule has 0 unspecified atom stereocenters. The summed E-state index contributed by atoms with van der Waals surface area (Å²) in [5.74, 6) is 1.84. The average Bonchev–Trinajstić information content (AvgIpc) is 3.53. The molecule has 0 saturated heterocycles. The number of nitrogens with zero attached hydrogens (tertiary/aromatic N) is 5. The number of benzene rings is 3. The molecular formula is C26H22N6O4S3. The monoisotopic (exact) mass is 578 g/mol. The molecule has 10 nitrogen and oxygen atoms in total. The zero-order valence-electron chi connectivity index (χ0n) is 20.9. The van der Waals surface area contributed by atoms with Crippen molar-refractivity contribution in [1.82, 2.24) is 19.7 Å². The van der Waals surface area contributed by atoms with E-state index in [-0.39, 0.29) is 17.3 Å². The number of carbonyl (C=O) groups excluding carboxylic acids is 1. The molecule has 5 aromatic rings. The van der Waals surface area contributed by atoms with Crippen molar-refractivity contribution >= 4 is 62.4 Å². The normalized spacial score (nSPS) is 11.0. The number of hydrogen-bond acceptors (Lipinski definition) is 10. The van der Waals surface area contributed by atoms with Crippen molar-refractivity contribution in [1.29, 1.82) is 0 Å². The Morgan fingerprint density at radius 3 is 2.69 bits per heavy atom. The van der Waals surface area contributed by atoms with Crippen molar-refractivity contribution in [2.24, 2.45) is 7.05 Å². The Morgan fingerprint density at radius 1 is 1.10 bits per heavy atom. The van der Waals surface area contributed by atoms with Gasteiger partial charge in [0.1, 0.15) is 5.75 Å². The first-order chi connectivity index (χ1) is 18.9. The zero-order chi connectivity index (χ0) is 27.4. The molecule has 0 spiro atoms. The van der Waals surface area contributed by atoms with E-state index in [4.69, 9.17) is 4.74 Å². The van der Waals surface area contributed by atoms with E-state index in [2.05, 4.69) is 20.5 Å². The summed E-state index contributed by atoms with van der Waals surface area (Å²) < 4.78 is 8.97. The molecule has 0 atom stereocenters. The first-order valence-electron chi connectivity index (χ1n) is 11.6. The fourth-order valence-corrected chi connectivity index (χ4v) is 6.58. The SMILES string of the molecule is COc1ccc([N+](=O)[O-])cc1CSc1nc2ccc(NC(=O)CSc3nnc(-c4ccccc4)n3C)cc2s1. The Labute approximate surface area is 236 Å². The largest absolute Gasteiger partial charge is 0.496 e. The van der Waals surface area contributed by atoms with Crippen molar-refractivity contribution < 1.29 is 14.5 Å². The summed E-state index contributed by atoms with van der Waals surface area (Å²) in [6, 6.07) is 19.9. The molecule has 2 aromatic heterocycles. The van der Waals surface area contributed by atoms with Gasteiger partial charge < -0.3 is 14.6 Å². The molecule has 2 heterocycles. The van der Waals surface area contributed by atoms with Crippen LogP contribution in [-0.2, 0) is 17.6 Å². The van der Waals surface area contributed by atoms with Crippen molar-refractivity contribution in [2.45, 2.75) is 15.2 Å². The molecule has 3 aromatic carbocycles. The lowest BCUT2D eigenvalue weighted by atomic mass is 10.2. The van der Waals surface area contributed by atoms with Crippen molar-refractivity contribution in [2.75, 3.05) is 18.2 Å². The molecule has 0 radical (unpaired) electrons. The topological polar surface area (TPSA) is 125 Å². The van der Waals surface area contributed by atoms with E-state index >= 15 is 0 Å². The molecule has 13 heteroatoms. The molecule has 0 aliphatic heterocycles. The van der Waals surface area contributed by atoms with E-state index in [1.54, 1.807) is 6.07 Å². The van der Waals surface area contributed by atoms with Gasteiger partial charge in [-0.05, 0) is 24.3 Å². The summed E-state index contributed by atoms with van der Waals surface area (Å²) in [5, 5.41) is 23.2. The van der Waals surface area contributed by atoms with Crippen LogP contribution in [0.4, 0.5) is 11.4 Å². The molecule has 0 saturated carbocycles. The van der Waals surface area contributed by atoms with Crippen LogP contribution in [0.2, 0.25) is 0 Å². The number of nitro groups is 1. The molecule has 1 N–H and O–H groups in total. The minimum absolute atomic E-state index is 0.0186. The number of carbonyl (C=O) groups is 1. The lowest BCUT2D eigenvalue weighted by molar-refractivity contribution is -0.384. The smallest absolute Gasteiger partial charge is 0.270 e. The molecule has 198 valence electrons. The maximum Gasteiger partial charge on any atom is 0.270 e. The highest BCUT2D eigenvalue weighted by Gasteiger charge is 2.15. The lowest BCUT2D eigenvalue weighted by Crippen LogP contribution is -2.14. The Bertz CT molecular complexity index is 1650. The van der Waals surface area contributed by atoms with Crippen molar-refractivity contribution in [3.8, 4) is 17.1 Å². The number of methoxy groups -OCH3 is 1. The second kappa shape index (κ2) is 11.8. The minimum Gasteiger partial charge on any atom is -0.496 e. The van der Waals surface area contributed by atoms with Crippen LogP contribution in [0.3, 0.4) is 0 Å². The van der Waals surface area contributed by atoms with Gasteiger partial charge in [-0.15, -0.1) is 21.5 Å². The number of thiazole rings is 1. The van der Waals surface area contributed by atoms with Crippen molar-refractivity contribution in [3.63, 3.8) is 0 Å². The molecule has 0 aliphatic rings. The predicted octanol–water partition coefficient (Wildman–Crippen LogP) is 6.03. The maximum atomic E-state index is 12.6. The molecule has 5 rings (SSSR count). The predicted molar refractivity (Wildman–Crippen MR) is 155 cm³/mol. The lowest BCUT2D eigenvalue weighted by Gasteiger charge is -2.06. The fourth-order valence-electron chi connectivity index (χ4n) is 3.78. The highest BCUT2D eigenvalue weighted by Crippen LogP contribution is 2.35. The summed E-state index contributed by atoms with van der Waals surface area (Å²) in [7, 11) is 3.42. The average molecular weight is 579 g/mol. The number of non-ortho nitro benzene ring substituents is 1. The quantitative estimate of drug-likeness (QED) is 0.120. The molecule has 0 bridgehead atoms. The minimum atomic E-state index is -0.422. The van der Waals surface area contributed by atoms with Crippen LogP contribution in [0.1, 0.15) is 5.56 Å². The number of rotatable bonds is 10. The first kappa shape index (κ1) is 26.7. The fraction of sp³-hybridized carbons (Fsp3) is 0.154. The number of anilines is 1. The van der Waals surface area contributed by atoms with Gasteiger partial charge in [-0.25, -0.2) is 4.98 Å². The van der Waals surface area contributed by atoms with E-state index in [9.17, 15) is 14.9 Å². The third kappa shape index (κ3) is 6.21. The summed E-state index contributed by atoms with van der Waals surface area (Å²) in [5.41, 5.74) is 3.19. The van der Waals surface area contributed by atoms with Gasteiger partial charge in [0.15, 0.2) is 15.3 Å². The Morgan fingerprint density at radius 2 is 1.92 bits per heavy atom. The van der Waals surface area contributed by atoms with Gasteiger partial charge in [0, 0.05) is 41.7 Å². The Balaban J connectivity index is 1.20. The van der Waals surface area contributed by atoms with Gasteiger partial charge in [0.25, 0.3) is 5.69 Å². The van der Waals surface area contributed by atoms with Crippen LogP contribution in [0.5, 0.6) is 5.75 Å². The van der Waals surface area contributed by atoms with Crippen LogP contribution in [-0.4, -0.2) is 43.4 Å². The summed E-state index contributed by atoms with van der Waals surface area (Å²) in [6.07, 6.45) is 0. The molecule has 0 fully saturated rings. The zero-order valence-corrected chi connectivity index (χ0v) is 23.3. The van der Waals surface area contributed by atoms with E-state index in [1.807, 2.05) is 60.1 Å².